The van der Waals surface area contributed by atoms with Gasteiger partial charge in [0.2, 0.25) is 0 Å². The van der Waals surface area contributed by atoms with Crippen molar-refractivity contribution in [1.29, 1.82) is 0 Å². The molecule has 1 N–H and O–H groups in total. The molecule has 0 spiro atoms. The third-order valence-electron chi connectivity index (χ3n) is 5.04. The van der Waals surface area contributed by atoms with Gasteiger partial charge in [-0.1, -0.05) is 35.5 Å². The molecule has 1 aliphatic heterocycles. The SMILES string of the molecule is Cc1cc(Nc2ccc(C(=O)N3CCC(Cc4ccccc4)CC3)nn2)no1. The summed E-state index contributed by atoms with van der Waals surface area (Å²) in [6, 6.07) is 15.7. The van der Waals surface area contributed by atoms with Crippen LogP contribution in [0.25, 0.3) is 0 Å². The van der Waals surface area contributed by atoms with E-state index in [0.717, 1.165) is 32.4 Å². The van der Waals surface area contributed by atoms with Crippen LogP contribution in [0.1, 0.15) is 34.7 Å². The molecule has 4 rings (SSSR count). The van der Waals surface area contributed by atoms with Crippen molar-refractivity contribution in [1.82, 2.24) is 20.3 Å². The van der Waals surface area contributed by atoms with Gasteiger partial charge < -0.3 is 14.7 Å². The maximum Gasteiger partial charge on any atom is 0.274 e. The smallest absolute Gasteiger partial charge is 0.274 e. The Hall–Kier alpha value is -3.22. The Morgan fingerprint density at radius 2 is 1.89 bits per heavy atom. The summed E-state index contributed by atoms with van der Waals surface area (Å²) >= 11 is 0. The predicted molar refractivity (Wildman–Crippen MR) is 105 cm³/mol. The van der Waals surface area contributed by atoms with Gasteiger partial charge in [0.05, 0.1) is 0 Å². The van der Waals surface area contributed by atoms with Crippen LogP contribution in [0.5, 0.6) is 0 Å². The number of hydrogen-bond donors (Lipinski definition) is 1. The standard InChI is InChI=1S/C21H23N5O2/c1-15-13-20(25-28-15)22-19-8-7-18(23-24-19)21(27)26-11-9-17(10-12-26)14-16-5-3-2-4-6-16/h2-8,13,17H,9-12,14H2,1H3,(H,22,24,25). The maximum atomic E-state index is 12.7. The van der Waals surface area contributed by atoms with Crippen LogP contribution in [0, 0.1) is 12.8 Å². The van der Waals surface area contributed by atoms with Crippen LogP contribution in [-0.4, -0.2) is 39.3 Å². The molecule has 7 heteroatoms. The summed E-state index contributed by atoms with van der Waals surface area (Å²) in [5.74, 6) is 2.35. The Balaban J connectivity index is 1.31. The van der Waals surface area contributed by atoms with Gasteiger partial charge in [0.25, 0.3) is 5.91 Å². The lowest BCUT2D eigenvalue weighted by molar-refractivity contribution is 0.0683. The first kappa shape index (κ1) is 18.2. The fourth-order valence-electron chi connectivity index (χ4n) is 3.52. The Kier molecular flexibility index (Phi) is 5.32. The molecule has 1 fully saturated rings. The van der Waals surface area contributed by atoms with Crippen LogP contribution >= 0.6 is 0 Å². The minimum absolute atomic E-state index is 0.0607. The molecule has 0 unspecified atom stereocenters. The average Bonchev–Trinajstić information content (AvgIpc) is 3.14. The highest BCUT2D eigenvalue weighted by molar-refractivity contribution is 5.92. The summed E-state index contributed by atoms with van der Waals surface area (Å²) < 4.78 is 5.00. The van der Waals surface area contributed by atoms with E-state index in [-0.39, 0.29) is 5.91 Å². The topological polar surface area (TPSA) is 84.2 Å². The second-order valence-electron chi connectivity index (χ2n) is 7.18. The van der Waals surface area contributed by atoms with Crippen molar-refractivity contribution in [2.24, 2.45) is 5.92 Å². The minimum Gasteiger partial charge on any atom is -0.360 e. The van der Waals surface area contributed by atoms with E-state index in [1.165, 1.54) is 5.56 Å². The molecule has 3 aromatic rings. The van der Waals surface area contributed by atoms with Gasteiger partial charge in [-0.25, -0.2) is 0 Å². The van der Waals surface area contributed by atoms with E-state index >= 15 is 0 Å². The average molecular weight is 377 g/mol. The van der Waals surface area contributed by atoms with Crippen molar-refractivity contribution in [2.75, 3.05) is 18.4 Å². The fourth-order valence-corrected chi connectivity index (χ4v) is 3.52. The van der Waals surface area contributed by atoms with Gasteiger partial charge in [-0.2, -0.15) is 0 Å². The van der Waals surface area contributed by atoms with Gasteiger partial charge in [0.15, 0.2) is 17.3 Å². The molecule has 0 radical (unpaired) electrons. The monoisotopic (exact) mass is 377 g/mol. The highest BCUT2D eigenvalue weighted by Crippen LogP contribution is 2.23. The Labute approximate surface area is 163 Å². The highest BCUT2D eigenvalue weighted by atomic mass is 16.5. The van der Waals surface area contributed by atoms with Crippen LogP contribution < -0.4 is 5.32 Å². The quantitative estimate of drug-likeness (QED) is 0.731. The van der Waals surface area contributed by atoms with Crippen molar-refractivity contribution in [3.63, 3.8) is 0 Å². The molecule has 1 aromatic carbocycles. The molecular weight excluding hydrogens is 354 g/mol. The summed E-state index contributed by atoms with van der Waals surface area (Å²) in [7, 11) is 0. The van der Waals surface area contributed by atoms with Gasteiger partial charge >= 0.3 is 0 Å². The number of piperidine rings is 1. The van der Waals surface area contributed by atoms with Crippen LogP contribution in [-0.2, 0) is 6.42 Å². The Morgan fingerprint density at radius 1 is 1.11 bits per heavy atom. The van der Waals surface area contributed by atoms with E-state index < -0.39 is 0 Å². The number of nitrogens with zero attached hydrogens (tertiary/aromatic N) is 4. The van der Waals surface area contributed by atoms with E-state index in [0.29, 0.717) is 29.0 Å². The first-order valence-corrected chi connectivity index (χ1v) is 9.54. The lowest BCUT2D eigenvalue weighted by Crippen LogP contribution is -2.39. The molecule has 7 nitrogen and oxygen atoms in total. The number of likely N-dealkylation sites (tertiary alicyclic amines) is 1. The van der Waals surface area contributed by atoms with Crippen molar-refractivity contribution in [2.45, 2.75) is 26.2 Å². The number of amides is 1. The van der Waals surface area contributed by atoms with Crippen LogP contribution in [0.15, 0.2) is 53.1 Å². The summed E-state index contributed by atoms with van der Waals surface area (Å²) in [6.07, 6.45) is 3.10. The molecule has 1 aliphatic rings. The third kappa shape index (κ3) is 4.36. The van der Waals surface area contributed by atoms with Crippen molar-refractivity contribution >= 4 is 17.5 Å². The second kappa shape index (κ2) is 8.21. The van der Waals surface area contributed by atoms with Gasteiger partial charge in [-0.05, 0) is 49.8 Å². The van der Waals surface area contributed by atoms with Crippen molar-refractivity contribution < 1.29 is 9.32 Å². The number of carbonyl (C=O) groups is 1. The zero-order valence-corrected chi connectivity index (χ0v) is 15.8. The van der Waals surface area contributed by atoms with E-state index in [9.17, 15) is 4.79 Å². The highest BCUT2D eigenvalue weighted by Gasteiger charge is 2.24. The van der Waals surface area contributed by atoms with Gasteiger partial charge in [0.1, 0.15) is 5.76 Å². The molecule has 28 heavy (non-hydrogen) atoms. The fraction of sp³-hybridized carbons (Fsp3) is 0.333. The Bertz CT molecular complexity index is 915. The number of aryl methyl sites for hydroxylation is 1. The van der Waals surface area contributed by atoms with Crippen molar-refractivity contribution in [3.8, 4) is 0 Å². The molecule has 0 atom stereocenters. The summed E-state index contributed by atoms with van der Waals surface area (Å²) in [4.78, 5) is 14.6. The van der Waals surface area contributed by atoms with E-state index in [4.69, 9.17) is 4.52 Å². The molecule has 2 aromatic heterocycles. The number of anilines is 2. The number of hydrogen-bond acceptors (Lipinski definition) is 6. The number of carbonyl (C=O) groups excluding carboxylic acids is 1. The molecule has 1 saturated heterocycles. The molecule has 0 aliphatic carbocycles. The first-order valence-electron chi connectivity index (χ1n) is 9.54. The van der Waals surface area contributed by atoms with E-state index in [1.54, 1.807) is 18.2 Å². The van der Waals surface area contributed by atoms with Gasteiger partial charge in [0, 0.05) is 19.2 Å². The maximum absolute atomic E-state index is 12.7. The minimum atomic E-state index is -0.0607. The number of benzene rings is 1. The van der Waals surface area contributed by atoms with Gasteiger partial charge in [-0.3, -0.25) is 4.79 Å². The first-order chi connectivity index (χ1) is 13.7. The number of rotatable bonds is 5. The summed E-state index contributed by atoms with van der Waals surface area (Å²) in [5, 5.41) is 15.0. The molecule has 144 valence electrons. The zero-order valence-electron chi connectivity index (χ0n) is 15.8. The van der Waals surface area contributed by atoms with Crippen LogP contribution in [0.3, 0.4) is 0 Å². The van der Waals surface area contributed by atoms with Gasteiger partial charge in [-0.15, -0.1) is 10.2 Å². The van der Waals surface area contributed by atoms with E-state index in [1.807, 2.05) is 17.9 Å². The predicted octanol–water partition coefficient (Wildman–Crippen LogP) is 3.61. The Morgan fingerprint density at radius 3 is 2.54 bits per heavy atom. The summed E-state index contributed by atoms with van der Waals surface area (Å²) in [5.41, 5.74) is 1.73. The van der Waals surface area contributed by atoms with Crippen molar-refractivity contribution in [3.05, 3.63) is 65.5 Å². The largest absolute Gasteiger partial charge is 0.360 e. The van der Waals surface area contributed by atoms with Crippen LogP contribution in [0.4, 0.5) is 11.6 Å². The molecule has 0 bridgehead atoms. The third-order valence-corrected chi connectivity index (χ3v) is 5.04. The lowest BCUT2D eigenvalue weighted by atomic mass is 9.90. The molecule has 0 saturated carbocycles. The molecular formula is C21H23N5O2. The normalized spacial score (nSPS) is 14.8. The van der Waals surface area contributed by atoms with Crippen LogP contribution in [0.2, 0.25) is 0 Å². The lowest BCUT2D eigenvalue weighted by Gasteiger charge is -2.31. The second-order valence-corrected chi connectivity index (χ2v) is 7.18. The molecule has 1 amide bonds. The summed E-state index contributed by atoms with van der Waals surface area (Å²) in [6.45, 7) is 3.33. The molecule has 3 heterocycles. The van der Waals surface area contributed by atoms with E-state index in [2.05, 4.69) is 44.9 Å². The zero-order chi connectivity index (χ0) is 19.3. The number of nitrogens with one attached hydrogen (secondary N) is 1. The number of aromatic nitrogens is 3.